The van der Waals surface area contributed by atoms with Crippen molar-refractivity contribution in [2.24, 2.45) is 0 Å². The summed E-state index contributed by atoms with van der Waals surface area (Å²) < 4.78 is 10.5. The van der Waals surface area contributed by atoms with Crippen molar-refractivity contribution in [1.29, 1.82) is 0 Å². The van der Waals surface area contributed by atoms with E-state index in [0.29, 0.717) is 36.1 Å². The Labute approximate surface area is 154 Å². The monoisotopic (exact) mass is 358 g/mol. The quantitative estimate of drug-likeness (QED) is 0.754. The maximum atomic E-state index is 12.4. The predicted molar refractivity (Wildman–Crippen MR) is 101 cm³/mol. The zero-order chi connectivity index (χ0) is 19.1. The molecule has 1 aromatic heterocycles. The minimum atomic E-state index is -0.220. The average Bonchev–Trinajstić information content (AvgIpc) is 2.60. The van der Waals surface area contributed by atoms with Crippen LogP contribution in [0, 0.1) is 6.92 Å². The molecule has 7 heteroatoms. The summed E-state index contributed by atoms with van der Waals surface area (Å²) in [5, 5.41) is 6.01. The molecular weight excluding hydrogens is 332 g/mol. The van der Waals surface area contributed by atoms with E-state index in [1.54, 1.807) is 20.3 Å². The normalized spacial score (nSPS) is 10.5. The van der Waals surface area contributed by atoms with Crippen LogP contribution in [0.5, 0.6) is 11.5 Å². The van der Waals surface area contributed by atoms with Gasteiger partial charge in [0.15, 0.2) is 11.5 Å². The van der Waals surface area contributed by atoms with Gasteiger partial charge >= 0.3 is 0 Å². The second kappa shape index (κ2) is 9.03. The largest absolute Gasteiger partial charge is 0.493 e. The van der Waals surface area contributed by atoms with E-state index in [-0.39, 0.29) is 11.9 Å². The van der Waals surface area contributed by atoms with Crippen molar-refractivity contribution in [3.63, 3.8) is 0 Å². The van der Waals surface area contributed by atoms with Crippen molar-refractivity contribution in [3.05, 3.63) is 41.2 Å². The highest BCUT2D eigenvalue weighted by Crippen LogP contribution is 2.27. The van der Waals surface area contributed by atoms with Gasteiger partial charge in [0.2, 0.25) is 5.95 Å². The number of carbonyl (C=O) groups excluding carboxylic acids is 1. The molecular formula is C19H26N4O3. The smallest absolute Gasteiger partial charge is 0.270 e. The van der Waals surface area contributed by atoms with E-state index in [1.165, 1.54) is 0 Å². The summed E-state index contributed by atoms with van der Waals surface area (Å²) in [5.41, 5.74) is 2.14. The molecule has 1 aromatic carbocycles. The zero-order valence-electron chi connectivity index (χ0n) is 15.9. The van der Waals surface area contributed by atoms with Gasteiger partial charge in [-0.05, 0) is 51.0 Å². The Morgan fingerprint density at radius 3 is 2.50 bits per heavy atom. The number of carbonyl (C=O) groups is 1. The second-order valence-electron chi connectivity index (χ2n) is 6.21. The van der Waals surface area contributed by atoms with Crippen molar-refractivity contribution in [2.45, 2.75) is 33.2 Å². The van der Waals surface area contributed by atoms with Crippen LogP contribution < -0.4 is 20.1 Å². The van der Waals surface area contributed by atoms with E-state index in [1.807, 2.05) is 39.0 Å². The van der Waals surface area contributed by atoms with Gasteiger partial charge in [-0.15, -0.1) is 0 Å². The molecule has 2 rings (SSSR count). The number of ether oxygens (including phenoxy) is 2. The second-order valence-corrected chi connectivity index (χ2v) is 6.21. The van der Waals surface area contributed by atoms with E-state index in [4.69, 9.17) is 9.47 Å². The number of hydrogen-bond donors (Lipinski definition) is 2. The standard InChI is InChI=1S/C19H26N4O3/c1-12(2)21-19-22-13(3)10-15(23-19)18(24)20-9-8-14-6-7-16(25-4)17(11-14)26-5/h6-7,10-12H,8-9H2,1-5H3,(H,20,24)(H,21,22,23). The van der Waals surface area contributed by atoms with Gasteiger partial charge in [-0.25, -0.2) is 9.97 Å². The lowest BCUT2D eigenvalue weighted by Gasteiger charge is -2.11. The lowest BCUT2D eigenvalue weighted by molar-refractivity contribution is 0.0949. The Morgan fingerprint density at radius 1 is 1.12 bits per heavy atom. The fourth-order valence-corrected chi connectivity index (χ4v) is 2.45. The highest BCUT2D eigenvalue weighted by Gasteiger charge is 2.11. The minimum Gasteiger partial charge on any atom is -0.493 e. The molecule has 0 spiro atoms. The van der Waals surface area contributed by atoms with Crippen LogP contribution in [0.4, 0.5) is 5.95 Å². The van der Waals surface area contributed by atoms with Crippen LogP contribution in [0.25, 0.3) is 0 Å². The first-order valence-electron chi connectivity index (χ1n) is 8.54. The molecule has 0 aliphatic heterocycles. The van der Waals surface area contributed by atoms with E-state index >= 15 is 0 Å². The first-order chi connectivity index (χ1) is 12.4. The summed E-state index contributed by atoms with van der Waals surface area (Å²) in [6, 6.07) is 7.58. The maximum Gasteiger partial charge on any atom is 0.270 e. The first kappa shape index (κ1) is 19.5. The number of aromatic nitrogens is 2. The fraction of sp³-hybridized carbons (Fsp3) is 0.421. The molecule has 0 atom stereocenters. The number of rotatable bonds is 8. The van der Waals surface area contributed by atoms with Gasteiger partial charge in [-0.1, -0.05) is 6.07 Å². The van der Waals surface area contributed by atoms with Crippen molar-refractivity contribution >= 4 is 11.9 Å². The third-order valence-corrected chi connectivity index (χ3v) is 3.65. The minimum absolute atomic E-state index is 0.192. The molecule has 1 heterocycles. The SMILES string of the molecule is COc1ccc(CCNC(=O)c2cc(C)nc(NC(C)C)n2)cc1OC. The van der Waals surface area contributed by atoms with Crippen LogP contribution >= 0.6 is 0 Å². The molecule has 2 N–H and O–H groups in total. The molecule has 0 bridgehead atoms. The summed E-state index contributed by atoms with van der Waals surface area (Å²) in [7, 11) is 3.20. The number of anilines is 1. The number of benzene rings is 1. The number of nitrogens with one attached hydrogen (secondary N) is 2. The number of hydrogen-bond acceptors (Lipinski definition) is 6. The van der Waals surface area contributed by atoms with Crippen molar-refractivity contribution in [1.82, 2.24) is 15.3 Å². The Hall–Kier alpha value is -2.83. The van der Waals surface area contributed by atoms with E-state index < -0.39 is 0 Å². The van der Waals surface area contributed by atoms with Crippen LogP contribution in [-0.4, -0.2) is 42.7 Å². The average molecular weight is 358 g/mol. The molecule has 0 fully saturated rings. The van der Waals surface area contributed by atoms with Crippen LogP contribution in [0.3, 0.4) is 0 Å². The molecule has 140 valence electrons. The van der Waals surface area contributed by atoms with Crippen molar-refractivity contribution in [3.8, 4) is 11.5 Å². The van der Waals surface area contributed by atoms with E-state index in [2.05, 4.69) is 20.6 Å². The van der Waals surface area contributed by atoms with Gasteiger partial charge in [0.25, 0.3) is 5.91 Å². The van der Waals surface area contributed by atoms with Crippen LogP contribution in [0.1, 0.15) is 35.6 Å². The highest BCUT2D eigenvalue weighted by molar-refractivity contribution is 5.92. The summed E-state index contributed by atoms with van der Waals surface area (Å²) in [4.78, 5) is 20.9. The molecule has 0 aliphatic rings. The van der Waals surface area contributed by atoms with Gasteiger partial charge in [0.1, 0.15) is 5.69 Å². The molecule has 26 heavy (non-hydrogen) atoms. The van der Waals surface area contributed by atoms with E-state index in [9.17, 15) is 4.79 Å². The highest BCUT2D eigenvalue weighted by atomic mass is 16.5. The van der Waals surface area contributed by atoms with Crippen molar-refractivity contribution in [2.75, 3.05) is 26.1 Å². The number of amides is 1. The first-order valence-corrected chi connectivity index (χ1v) is 8.54. The van der Waals surface area contributed by atoms with Gasteiger partial charge in [-0.2, -0.15) is 0 Å². The molecule has 0 aliphatic carbocycles. The Morgan fingerprint density at radius 2 is 1.85 bits per heavy atom. The molecule has 0 unspecified atom stereocenters. The Kier molecular flexibility index (Phi) is 6.77. The van der Waals surface area contributed by atoms with Gasteiger partial charge in [0, 0.05) is 18.3 Å². The van der Waals surface area contributed by atoms with Crippen LogP contribution in [0.15, 0.2) is 24.3 Å². The van der Waals surface area contributed by atoms with Crippen molar-refractivity contribution < 1.29 is 14.3 Å². The number of aryl methyl sites for hydroxylation is 1. The summed E-state index contributed by atoms with van der Waals surface area (Å²) in [5.74, 6) is 1.60. The molecule has 1 amide bonds. The molecule has 2 aromatic rings. The van der Waals surface area contributed by atoms with Crippen LogP contribution in [-0.2, 0) is 6.42 Å². The van der Waals surface area contributed by atoms with Gasteiger partial charge in [0.05, 0.1) is 14.2 Å². The molecule has 7 nitrogen and oxygen atoms in total. The van der Waals surface area contributed by atoms with Gasteiger partial charge in [-0.3, -0.25) is 4.79 Å². The third-order valence-electron chi connectivity index (χ3n) is 3.65. The zero-order valence-corrected chi connectivity index (χ0v) is 15.9. The predicted octanol–water partition coefficient (Wildman–Crippen LogP) is 2.60. The Balaban J connectivity index is 1.97. The van der Waals surface area contributed by atoms with E-state index in [0.717, 1.165) is 11.3 Å². The maximum absolute atomic E-state index is 12.4. The number of nitrogens with zero attached hydrogens (tertiary/aromatic N) is 2. The molecule has 0 radical (unpaired) electrons. The fourth-order valence-electron chi connectivity index (χ4n) is 2.45. The third kappa shape index (κ3) is 5.34. The lowest BCUT2D eigenvalue weighted by Crippen LogP contribution is -2.27. The molecule has 0 saturated heterocycles. The topological polar surface area (TPSA) is 85.4 Å². The summed E-state index contributed by atoms with van der Waals surface area (Å²) >= 11 is 0. The Bertz CT molecular complexity index is 762. The lowest BCUT2D eigenvalue weighted by atomic mass is 10.1. The summed E-state index contributed by atoms with van der Waals surface area (Å²) in [6.07, 6.45) is 0.674. The summed E-state index contributed by atoms with van der Waals surface area (Å²) in [6.45, 7) is 6.32. The number of methoxy groups -OCH3 is 2. The van der Waals surface area contributed by atoms with Crippen LogP contribution in [0.2, 0.25) is 0 Å². The van der Waals surface area contributed by atoms with Gasteiger partial charge < -0.3 is 20.1 Å². The molecule has 0 saturated carbocycles.